The van der Waals surface area contributed by atoms with E-state index in [9.17, 15) is 14.9 Å². The third kappa shape index (κ3) is 3.82. The first kappa shape index (κ1) is 16.0. The number of rotatable bonds is 5. The van der Waals surface area contributed by atoms with Gasteiger partial charge in [0.1, 0.15) is 0 Å². The summed E-state index contributed by atoms with van der Waals surface area (Å²) in [6, 6.07) is 9.63. The number of oxime groups is 1. The predicted molar refractivity (Wildman–Crippen MR) is 80.4 cm³/mol. The van der Waals surface area contributed by atoms with Gasteiger partial charge in [0, 0.05) is 17.7 Å². The highest BCUT2D eigenvalue weighted by atomic mass is 16.6. The summed E-state index contributed by atoms with van der Waals surface area (Å²) in [5.41, 5.74) is 0.602. The fourth-order valence-electron chi connectivity index (χ4n) is 1.79. The fraction of sp³-hybridized carbons (Fsp3) is 0.0667. The van der Waals surface area contributed by atoms with Crippen LogP contribution in [0.3, 0.4) is 0 Å². The van der Waals surface area contributed by atoms with Crippen LogP contribution in [-0.2, 0) is 0 Å². The van der Waals surface area contributed by atoms with Crippen molar-refractivity contribution in [1.29, 1.82) is 0 Å². The van der Waals surface area contributed by atoms with Gasteiger partial charge in [0.2, 0.25) is 0 Å². The zero-order valence-electron chi connectivity index (χ0n) is 12.0. The van der Waals surface area contributed by atoms with E-state index in [2.05, 4.69) is 5.16 Å². The van der Waals surface area contributed by atoms with Gasteiger partial charge in [0.25, 0.3) is 5.69 Å². The zero-order valence-corrected chi connectivity index (χ0v) is 12.0. The molecule has 0 aromatic heterocycles. The second-order valence-corrected chi connectivity index (χ2v) is 4.35. The van der Waals surface area contributed by atoms with Gasteiger partial charge in [-0.1, -0.05) is 5.16 Å². The van der Waals surface area contributed by atoms with Crippen molar-refractivity contribution < 1.29 is 24.4 Å². The van der Waals surface area contributed by atoms with E-state index in [4.69, 9.17) is 14.7 Å². The van der Waals surface area contributed by atoms with Gasteiger partial charge in [0.05, 0.1) is 23.8 Å². The Hall–Kier alpha value is -3.42. The van der Waals surface area contributed by atoms with Gasteiger partial charge in [0.15, 0.2) is 11.5 Å². The lowest BCUT2D eigenvalue weighted by Crippen LogP contribution is -2.09. The average Bonchev–Trinajstić information content (AvgIpc) is 2.56. The third-order valence-corrected chi connectivity index (χ3v) is 2.91. The number of non-ortho nitro benzene ring substituents is 1. The smallest absolute Gasteiger partial charge is 0.343 e. The van der Waals surface area contributed by atoms with E-state index in [1.165, 1.54) is 49.7 Å². The average molecular weight is 316 g/mol. The molecule has 118 valence electrons. The van der Waals surface area contributed by atoms with Crippen molar-refractivity contribution in [3.05, 3.63) is 63.7 Å². The molecule has 8 heteroatoms. The lowest BCUT2D eigenvalue weighted by Gasteiger charge is -2.09. The van der Waals surface area contributed by atoms with E-state index >= 15 is 0 Å². The first-order valence-electron chi connectivity index (χ1n) is 6.37. The van der Waals surface area contributed by atoms with Gasteiger partial charge in [-0.3, -0.25) is 10.1 Å². The second kappa shape index (κ2) is 7.03. The van der Waals surface area contributed by atoms with E-state index in [1.807, 2.05) is 0 Å². The Balaban J connectivity index is 2.20. The molecule has 8 nitrogen and oxygen atoms in total. The summed E-state index contributed by atoms with van der Waals surface area (Å²) in [7, 11) is 1.40. The number of nitro groups is 1. The highest BCUT2D eigenvalue weighted by Gasteiger charge is 2.14. The highest BCUT2D eigenvalue weighted by molar-refractivity contribution is 5.91. The monoisotopic (exact) mass is 316 g/mol. The van der Waals surface area contributed by atoms with Crippen LogP contribution in [-0.4, -0.2) is 29.4 Å². The molecule has 0 bridgehead atoms. The third-order valence-electron chi connectivity index (χ3n) is 2.91. The SMILES string of the molecule is COc1cc(C=NO)ccc1OC(=O)c1ccc([N+](=O)[O-])cc1. The number of methoxy groups -OCH3 is 1. The molecule has 0 spiro atoms. The number of ether oxygens (including phenoxy) is 2. The van der Waals surface area contributed by atoms with Crippen LogP contribution in [0.25, 0.3) is 0 Å². The van der Waals surface area contributed by atoms with Crippen molar-refractivity contribution >= 4 is 17.9 Å². The molecule has 0 fully saturated rings. The summed E-state index contributed by atoms with van der Waals surface area (Å²) in [5, 5.41) is 22.0. The van der Waals surface area contributed by atoms with Gasteiger partial charge >= 0.3 is 5.97 Å². The summed E-state index contributed by atoms with van der Waals surface area (Å²) in [6.45, 7) is 0. The number of carbonyl (C=O) groups excluding carboxylic acids is 1. The van der Waals surface area contributed by atoms with Gasteiger partial charge in [-0.15, -0.1) is 0 Å². The van der Waals surface area contributed by atoms with Crippen molar-refractivity contribution in [1.82, 2.24) is 0 Å². The van der Waals surface area contributed by atoms with Gasteiger partial charge in [-0.25, -0.2) is 4.79 Å². The number of benzene rings is 2. The highest BCUT2D eigenvalue weighted by Crippen LogP contribution is 2.28. The largest absolute Gasteiger partial charge is 0.493 e. The molecule has 0 aliphatic carbocycles. The van der Waals surface area contributed by atoms with Crippen molar-refractivity contribution in [3.8, 4) is 11.5 Å². The predicted octanol–water partition coefficient (Wildman–Crippen LogP) is 2.63. The number of esters is 1. The Kier molecular flexibility index (Phi) is 4.88. The molecule has 0 unspecified atom stereocenters. The summed E-state index contributed by atoms with van der Waals surface area (Å²) >= 11 is 0. The van der Waals surface area contributed by atoms with Crippen molar-refractivity contribution in [3.63, 3.8) is 0 Å². The maximum absolute atomic E-state index is 12.1. The van der Waals surface area contributed by atoms with Crippen LogP contribution in [0.2, 0.25) is 0 Å². The zero-order chi connectivity index (χ0) is 16.8. The number of nitrogens with zero attached hydrogens (tertiary/aromatic N) is 2. The molecule has 0 radical (unpaired) electrons. The Labute approximate surface area is 130 Å². The minimum atomic E-state index is -0.679. The molecular formula is C15H12N2O6. The number of nitro benzene ring substituents is 1. The normalized spacial score (nSPS) is 10.5. The maximum atomic E-state index is 12.1. The molecule has 2 aromatic carbocycles. The van der Waals surface area contributed by atoms with Gasteiger partial charge in [-0.05, 0) is 30.3 Å². The fourth-order valence-corrected chi connectivity index (χ4v) is 1.79. The van der Waals surface area contributed by atoms with E-state index in [-0.39, 0.29) is 22.7 Å². The van der Waals surface area contributed by atoms with Crippen LogP contribution in [0, 0.1) is 10.1 Å². The van der Waals surface area contributed by atoms with Crippen molar-refractivity contribution in [2.45, 2.75) is 0 Å². The summed E-state index contributed by atoms with van der Waals surface area (Å²) in [5.74, 6) is -0.231. The molecule has 23 heavy (non-hydrogen) atoms. The van der Waals surface area contributed by atoms with Crippen LogP contribution in [0.5, 0.6) is 11.5 Å². The molecule has 1 N–H and O–H groups in total. The molecule has 0 atom stereocenters. The van der Waals surface area contributed by atoms with Crippen molar-refractivity contribution in [2.24, 2.45) is 5.16 Å². The summed E-state index contributed by atoms with van der Waals surface area (Å²) < 4.78 is 10.3. The van der Waals surface area contributed by atoms with Crippen LogP contribution in [0.15, 0.2) is 47.6 Å². The lowest BCUT2D eigenvalue weighted by molar-refractivity contribution is -0.384. The lowest BCUT2D eigenvalue weighted by atomic mass is 10.2. The van der Waals surface area contributed by atoms with E-state index in [0.29, 0.717) is 5.56 Å². The Morgan fingerprint density at radius 1 is 1.22 bits per heavy atom. The standard InChI is InChI=1S/C15H12N2O6/c1-22-14-8-10(9-16-19)2-7-13(14)23-15(18)11-3-5-12(6-4-11)17(20)21/h2-9,19H,1H3. The molecule has 2 rings (SSSR count). The van der Waals surface area contributed by atoms with Gasteiger partial charge in [-0.2, -0.15) is 0 Å². The molecular weight excluding hydrogens is 304 g/mol. The Morgan fingerprint density at radius 3 is 2.48 bits per heavy atom. The quantitative estimate of drug-likeness (QED) is 0.227. The Morgan fingerprint density at radius 2 is 1.91 bits per heavy atom. The topological polar surface area (TPSA) is 111 Å². The van der Waals surface area contributed by atoms with Crippen LogP contribution in [0.1, 0.15) is 15.9 Å². The molecule has 0 aliphatic rings. The first-order valence-corrected chi connectivity index (χ1v) is 6.37. The minimum Gasteiger partial charge on any atom is -0.493 e. The summed E-state index contributed by atoms with van der Waals surface area (Å²) in [6.07, 6.45) is 1.20. The number of carbonyl (C=O) groups is 1. The van der Waals surface area contributed by atoms with Gasteiger partial charge < -0.3 is 14.7 Å². The second-order valence-electron chi connectivity index (χ2n) is 4.35. The summed E-state index contributed by atoms with van der Waals surface area (Å²) in [4.78, 5) is 22.1. The van der Waals surface area contributed by atoms with E-state index < -0.39 is 10.9 Å². The van der Waals surface area contributed by atoms with Crippen molar-refractivity contribution in [2.75, 3.05) is 7.11 Å². The molecule has 0 amide bonds. The number of hydrogen-bond donors (Lipinski definition) is 1. The van der Waals surface area contributed by atoms with E-state index in [1.54, 1.807) is 6.07 Å². The molecule has 0 heterocycles. The number of hydrogen-bond acceptors (Lipinski definition) is 7. The maximum Gasteiger partial charge on any atom is 0.343 e. The molecule has 0 saturated heterocycles. The Bertz CT molecular complexity index is 755. The minimum absolute atomic E-state index is 0.119. The molecule has 0 saturated carbocycles. The van der Waals surface area contributed by atoms with Crippen LogP contribution < -0.4 is 9.47 Å². The first-order chi connectivity index (χ1) is 11.0. The molecule has 2 aromatic rings. The van der Waals surface area contributed by atoms with Crippen LogP contribution >= 0.6 is 0 Å². The van der Waals surface area contributed by atoms with Crippen LogP contribution in [0.4, 0.5) is 5.69 Å². The molecule has 0 aliphatic heterocycles. The van der Waals surface area contributed by atoms with E-state index in [0.717, 1.165) is 0 Å².